The Bertz CT molecular complexity index is 1180. The molecular weight excluding hydrogens is 444 g/mol. The van der Waals surface area contributed by atoms with Crippen LogP contribution >= 0.6 is 11.3 Å². The normalized spacial score (nSPS) is 14.4. The number of rotatable bonds is 9. The van der Waals surface area contributed by atoms with Crippen LogP contribution in [0.5, 0.6) is 5.75 Å². The van der Waals surface area contributed by atoms with Gasteiger partial charge in [-0.15, -0.1) is 10.2 Å². The average Bonchev–Trinajstić information content (AvgIpc) is 3.55. The Labute approximate surface area is 204 Å². The fourth-order valence-electron chi connectivity index (χ4n) is 4.24. The molecule has 2 aromatic heterocycles. The van der Waals surface area contributed by atoms with Crippen LogP contribution in [-0.2, 0) is 19.6 Å². The smallest absolute Gasteiger partial charge is 0.218 e. The SMILES string of the molecule is COc1cccc(CNCc2cccn2-c2nnc(N3CCN(Cc4ccccc4)CC3)s2)c1. The number of hydrogen-bond acceptors (Lipinski definition) is 7. The first-order valence-corrected chi connectivity index (χ1v) is 12.4. The molecule has 5 rings (SSSR count). The molecule has 0 saturated carbocycles. The zero-order valence-corrected chi connectivity index (χ0v) is 20.2. The van der Waals surface area contributed by atoms with Crippen molar-refractivity contribution in [2.45, 2.75) is 19.6 Å². The molecule has 0 bridgehead atoms. The Morgan fingerprint density at radius 2 is 1.65 bits per heavy atom. The molecule has 0 radical (unpaired) electrons. The molecule has 1 aliphatic rings. The van der Waals surface area contributed by atoms with Crippen LogP contribution < -0.4 is 15.0 Å². The quantitative estimate of drug-likeness (QED) is 0.396. The molecule has 1 fully saturated rings. The van der Waals surface area contributed by atoms with Crippen LogP contribution in [-0.4, -0.2) is 53.0 Å². The molecule has 8 heteroatoms. The van der Waals surface area contributed by atoms with Crippen LogP contribution in [0, 0.1) is 0 Å². The molecule has 0 unspecified atom stereocenters. The lowest BCUT2D eigenvalue weighted by molar-refractivity contribution is 0.249. The minimum atomic E-state index is 0.747. The number of piperazine rings is 1. The van der Waals surface area contributed by atoms with Gasteiger partial charge < -0.3 is 15.0 Å². The second kappa shape index (κ2) is 10.8. The third-order valence-corrected chi connectivity index (χ3v) is 7.09. The topological polar surface area (TPSA) is 58.5 Å². The summed E-state index contributed by atoms with van der Waals surface area (Å²) in [6.07, 6.45) is 2.06. The second-order valence-corrected chi connectivity index (χ2v) is 9.38. The zero-order valence-electron chi connectivity index (χ0n) is 19.4. The summed E-state index contributed by atoms with van der Waals surface area (Å²) >= 11 is 1.66. The first kappa shape index (κ1) is 22.6. The van der Waals surface area contributed by atoms with Crippen molar-refractivity contribution in [1.82, 2.24) is 25.0 Å². The van der Waals surface area contributed by atoms with Gasteiger partial charge in [0.1, 0.15) is 5.75 Å². The van der Waals surface area contributed by atoms with Gasteiger partial charge in [-0.3, -0.25) is 9.47 Å². The third kappa shape index (κ3) is 5.47. The molecule has 2 aromatic carbocycles. The van der Waals surface area contributed by atoms with Crippen molar-refractivity contribution in [3.63, 3.8) is 0 Å². The van der Waals surface area contributed by atoms with E-state index in [1.54, 1.807) is 18.4 Å². The Balaban J connectivity index is 1.16. The van der Waals surface area contributed by atoms with Crippen molar-refractivity contribution in [2.75, 3.05) is 38.2 Å². The summed E-state index contributed by atoms with van der Waals surface area (Å²) in [6.45, 7) is 6.55. The number of benzene rings is 2. The first-order valence-electron chi connectivity index (χ1n) is 11.6. The van der Waals surface area contributed by atoms with Crippen molar-refractivity contribution >= 4 is 16.5 Å². The monoisotopic (exact) mass is 474 g/mol. The Morgan fingerprint density at radius 3 is 2.47 bits per heavy atom. The molecule has 0 aliphatic carbocycles. The van der Waals surface area contributed by atoms with Gasteiger partial charge in [-0.1, -0.05) is 53.8 Å². The molecule has 1 aliphatic heterocycles. The van der Waals surface area contributed by atoms with Gasteiger partial charge in [-0.25, -0.2) is 0 Å². The molecule has 0 spiro atoms. The largest absolute Gasteiger partial charge is 0.497 e. The Kier molecular flexibility index (Phi) is 7.19. The predicted molar refractivity (Wildman–Crippen MR) is 137 cm³/mol. The Hall–Kier alpha value is -3.20. The van der Waals surface area contributed by atoms with E-state index in [4.69, 9.17) is 4.74 Å². The number of nitrogens with one attached hydrogen (secondary N) is 1. The van der Waals surface area contributed by atoms with Gasteiger partial charge in [-0.05, 0) is 35.4 Å². The van der Waals surface area contributed by atoms with Crippen LogP contribution in [0.3, 0.4) is 0 Å². The first-order chi connectivity index (χ1) is 16.8. The number of ether oxygens (including phenoxy) is 1. The minimum Gasteiger partial charge on any atom is -0.497 e. The van der Waals surface area contributed by atoms with Crippen LogP contribution in [0.1, 0.15) is 16.8 Å². The van der Waals surface area contributed by atoms with E-state index in [-0.39, 0.29) is 0 Å². The van der Waals surface area contributed by atoms with E-state index < -0.39 is 0 Å². The number of anilines is 1. The van der Waals surface area contributed by atoms with Crippen molar-refractivity contribution in [2.24, 2.45) is 0 Å². The van der Waals surface area contributed by atoms with Crippen LogP contribution in [0.15, 0.2) is 72.9 Å². The van der Waals surface area contributed by atoms with Gasteiger partial charge in [0.25, 0.3) is 0 Å². The highest BCUT2D eigenvalue weighted by Gasteiger charge is 2.21. The van der Waals surface area contributed by atoms with Crippen molar-refractivity contribution < 1.29 is 4.74 Å². The van der Waals surface area contributed by atoms with Gasteiger partial charge >= 0.3 is 0 Å². The molecular formula is C26H30N6OS. The van der Waals surface area contributed by atoms with Crippen LogP contribution in [0.4, 0.5) is 5.13 Å². The lowest BCUT2D eigenvalue weighted by atomic mass is 10.2. The average molecular weight is 475 g/mol. The third-order valence-electron chi connectivity index (χ3n) is 6.10. The molecule has 0 atom stereocenters. The van der Waals surface area contributed by atoms with Crippen molar-refractivity contribution in [3.8, 4) is 10.9 Å². The lowest BCUT2D eigenvalue weighted by Crippen LogP contribution is -2.45. The number of aromatic nitrogens is 3. The van der Waals surface area contributed by atoms with Crippen molar-refractivity contribution in [1.29, 1.82) is 0 Å². The molecule has 34 heavy (non-hydrogen) atoms. The van der Waals surface area contributed by atoms with E-state index in [0.717, 1.165) is 61.8 Å². The highest BCUT2D eigenvalue weighted by Crippen LogP contribution is 2.26. The molecule has 3 heterocycles. The van der Waals surface area contributed by atoms with Gasteiger partial charge in [0.05, 0.1) is 7.11 Å². The molecule has 4 aromatic rings. The van der Waals surface area contributed by atoms with Crippen molar-refractivity contribution in [3.05, 3.63) is 89.7 Å². The summed E-state index contributed by atoms with van der Waals surface area (Å²) in [5.74, 6) is 0.880. The summed E-state index contributed by atoms with van der Waals surface area (Å²) < 4.78 is 7.45. The lowest BCUT2D eigenvalue weighted by Gasteiger charge is -2.34. The maximum Gasteiger partial charge on any atom is 0.218 e. The van der Waals surface area contributed by atoms with E-state index >= 15 is 0 Å². The van der Waals surface area contributed by atoms with Gasteiger partial charge in [-0.2, -0.15) is 0 Å². The van der Waals surface area contributed by atoms with Crippen LogP contribution in [0.2, 0.25) is 0 Å². The molecule has 7 nitrogen and oxygen atoms in total. The van der Waals surface area contributed by atoms with E-state index in [2.05, 4.69) is 90.7 Å². The summed E-state index contributed by atoms with van der Waals surface area (Å²) in [4.78, 5) is 4.86. The van der Waals surface area contributed by atoms with E-state index in [1.165, 1.54) is 16.8 Å². The highest BCUT2D eigenvalue weighted by molar-refractivity contribution is 7.17. The minimum absolute atomic E-state index is 0.747. The molecule has 1 saturated heterocycles. The number of hydrogen-bond donors (Lipinski definition) is 1. The zero-order chi connectivity index (χ0) is 23.2. The summed E-state index contributed by atoms with van der Waals surface area (Å²) in [7, 11) is 1.69. The Morgan fingerprint density at radius 1 is 0.853 bits per heavy atom. The summed E-state index contributed by atoms with van der Waals surface area (Å²) in [5.41, 5.74) is 3.73. The molecule has 1 N–H and O–H groups in total. The summed E-state index contributed by atoms with van der Waals surface area (Å²) in [6, 6.07) is 23.0. The fraction of sp³-hybridized carbons (Fsp3) is 0.308. The van der Waals surface area contributed by atoms with E-state index in [1.807, 2.05) is 12.1 Å². The van der Waals surface area contributed by atoms with Gasteiger partial charge in [0, 0.05) is 57.7 Å². The van der Waals surface area contributed by atoms with Gasteiger partial charge in [0.2, 0.25) is 10.3 Å². The fourth-order valence-corrected chi connectivity index (χ4v) is 5.15. The maximum atomic E-state index is 5.32. The standard InChI is InChI=1S/C26H30N6OS/c1-33-24-11-5-9-22(17-24)18-27-19-23-10-6-12-32(23)26-29-28-25(34-26)31-15-13-30(14-16-31)20-21-7-3-2-4-8-21/h2-12,17,27H,13-16,18-20H2,1H3. The molecule has 176 valence electrons. The van der Waals surface area contributed by atoms with E-state index in [9.17, 15) is 0 Å². The molecule has 0 amide bonds. The summed E-state index contributed by atoms with van der Waals surface area (Å²) in [5, 5.41) is 14.4. The van der Waals surface area contributed by atoms with Gasteiger partial charge in [0.15, 0.2) is 0 Å². The highest BCUT2D eigenvalue weighted by atomic mass is 32.1. The number of nitrogens with zero attached hydrogens (tertiary/aromatic N) is 5. The number of methoxy groups -OCH3 is 1. The second-order valence-electron chi connectivity index (χ2n) is 8.44. The van der Waals surface area contributed by atoms with Crippen LogP contribution in [0.25, 0.3) is 5.13 Å². The van der Waals surface area contributed by atoms with E-state index in [0.29, 0.717) is 0 Å². The predicted octanol–water partition coefficient (Wildman–Crippen LogP) is 3.95. The maximum absolute atomic E-state index is 5.32.